The number of halogens is 1. The quantitative estimate of drug-likeness (QED) is 0.751. The van der Waals surface area contributed by atoms with E-state index in [1.807, 2.05) is 42.5 Å². The van der Waals surface area contributed by atoms with Crippen molar-refractivity contribution in [1.82, 2.24) is 0 Å². The van der Waals surface area contributed by atoms with Crippen molar-refractivity contribution in [2.45, 2.75) is 19.4 Å². The van der Waals surface area contributed by atoms with E-state index in [1.165, 1.54) is 24.3 Å². The van der Waals surface area contributed by atoms with Crippen LogP contribution in [0, 0.1) is 5.82 Å². The minimum atomic E-state index is -1.10. The monoisotopic (exact) mass is 323 g/mol. The summed E-state index contributed by atoms with van der Waals surface area (Å²) < 4.78 is 18.7. The second-order valence-corrected chi connectivity index (χ2v) is 6.05. The number of benzene rings is 3. The molecule has 3 aromatic carbocycles. The highest BCUT2D eigenvalue weighted by Gasteiger charge is 2.30. The fourth-order valence-electron chi connectivity index (χ4n) is 2.45. The normalized spacial score (nSPS) is 11.3. The Morgan fingerprint density at radius 3 is 2.38 bits per heavy atom. The fraction of sp³-hybridized carbons (Fsp3) is 0.150. The van der Waals surface area contributed by atoms with Crippen LogP contribution in [-0.2, 0) is 4.79 Å². The number of hydrogen-bond acceptors (Lipinski definition) is 2. The molecular formula is C20H18FNO2. The zero-order chi connectivity index (χ0) is 17.2. The molecule has 0 aliphatic rings. The van der Waals surface area contributed by atoms with Crippen LogP contribution in [0.3, 0.4) is 0 Å². The molecule has 3 nitrogen and oxygen atoms in total. The third-order valence-corrected chi connectivity index (χ3v) is 3.77. The van der Waals surface area contributed by atoms with Crippen LogP contribution in [-0.4, -0.2) is 11.5 Å². The molecule has 0 unspecified atom stereocenters. The number of carbonyl (C=O) groups is 1. The summed E-state index contributed by atoms with van der Waals surface area (Å²) in [6, 6.07) is 19.2. The molecule has 0 aliphatic carbocycles. The van der Waals surface area contributed by atoms with Gasteiger partial charge < -0.3 is 10.1 Å². The highest BCUT2D eigenvalue weighted by atomic mass is 19.1. The molecule has 3 rings (SSSR count). The minimum absolute atomic E-state index is 0.275. The molecular weight excluding hydrogens is 305 g/mol. The molecule has 0 radical (unpaired) electrons. The van der Waals surface area contributed by atoms with Gasteiger partial charge in [0, 0.05) is 11.1 Å². The van der Waals surface area contributed by atoms with E-state index in [1.54, 1.807) is 13.8 Å². The fourth-order valence-corrected chi connectivity index (χ4v) is 2.45. The van der Waals surface area contributed by atoms with Crippen LogP contribution in [0.15, 0.2) is 66.7 Å². The number of rotatable bonds is 4. The van der Waals surface area contributed by atoms with E-state index >= 15 is 0 Å². The zero-order valence-electron chi connectivity index (χ0n) is 13.5. The maximum absolute atomic E-state index is 13.0. The van der Waals surface area contributed by atoms with Gasteiger partial charge in [0.1, 0.15) is 11.6 Å². The van der Waals surface area contributed by atoms with Gasteiger partial charge in [-0.25, -0.2) is 4.39 Å². The van der Waals surface area contributed by atoms with Gasteiger partial charge in [-0.3, -0.25) is 4.79 Å². The lowest BCUT2D eigenvalue weighted by molar-refractivity contribution is -0.128. The Kier molecular flexibility index (Phi) is 4.21. The summed E-state index contributed by atoms with van der Waals surface area (Å²) in [4.78, 5) is 12.6. The van der Waals surface area contributed by atoms with Crippen molar-refractivity contribution in [3.8, 4) is 5.75 Å². The van der Waals surface area contributed by atoms with E-state index in [2.05, 4.69) is 5.32 Å². The van der Waals surface area contributed by atoms with Gasteiger partial charge in [-0.1, -0.05) is 36.4 Å². The van der Waals surface area contributed by atoms with Crippen LogP contribution in [0.2, 0.25) is 0 Å². The van der Waals surface area contributed by atoms with E-state index in [9.17, 15) is 9.18 Å². The third-order valence-electron chi connectivity index (χ3n) is 3.77. The van der Waals surface area contributed by atoms with Gasteiger partial charge in [0.25, 0.3) is 5.91 Å². The maximum Gasteiger partial charge on any atom is 0.267 e. The molecule has 0 spiro atoms. The molecule has 24 heavy (non-hydrogen) atoms. The summed E-state index contributed by atoms with van der Waals surface area (Å²) in [5, 5.41) is 4.93. The van der Waals surface area contributed by atoms with E-state index < -0.39 is 5.60 Å². The first-order valence-corrected chi connectivity index (χ1v) is 7.69. The molecule has 1 N–H and O–H groups in total. The van der Waals surface area contributed by atoms with Crippen molar-refractivity contribution in [2.24, 2.45) is 0 Å². The van der Waals surface area contributed by atoms with Crippen molar-refractivity contribution >= 4 is 22.4 Å². The van der Waals surface area contributed by atoms with Gasteiger partial charge in [-0.05, 0) is 49.6 Å². The summed E-state index contributed by atoms with van der Waals surface area (Å²) in [7, 11) is 0. The maximum atomic E-state index is 13.0. The molecule has 1 amide bonds. The van der Waals surface area contributed by atoms with Gasteiger partial charge in [-0.15, -0.1) is 0 Å². The molecule has 0 heterocycles. The number of ether oxygens (including phenoxy) is 1. The predicted molar refractivity (Wildman–Crippen MR) is 93.7 cm³/mol. The number of nitrogens with one attached hydrogen (secondary N) is 1. The molecule has 4 heteroatoms. The molecule has 122 valence electrons. The lowest BCUT2D eigenvalue weighted by Crippen LogP contribution is -2.42. The van der Waals surface area contributed by atoms with E-state index in [-0.39, 0.29) is 11.7 Å². The summed E-state index contributed by atoms with van der Waals surface area (Å²) in [6.45, 7) is 3.35. The van der Waals surface area contributed by atoms with Gasteiger partial charge in [-0.2, -0.15) is 0 Å². The summed E-state index contributed by atoms with van der Waals surface area (Å²) in [5.74, 6) is -0.182. The lowest BCUT2D eigenvalue weighted by Gasteiger charge is -2.25. The zero-order valence-corrected chi connectivity index (χ0v) is 13.5. The van der Waals surface area contributed by atoms with E-state index in [0.717, 1.165) is 16.5 Å². The molecule has 0 atom stereocenters. The summed E-state index contributed by atoms with van der Waals surface area (Å²) in [5.41, 5.74) is -0.372. The Hall–Kier alpha value is -2.88. The average Bonchev–Trinajstić information content (AvgIpc) is 2.57. The van der Waals surface area contributed by atoms with Crippen LogP contribution in [0.5, 0.6) is 5.75 Å². The van der Waals surface area contributed by atoms with Crippen molar-refractivity contribution < 1.29 is 13.9 Å². The second-order valence-electron chi connectivity index (χ2n) is 6.05. The van der Waals surface area contributed by atoms with Gasteiger partial charge in [0.2, 0.25) is 0 Å². The minimum Gasteiger partial charge on any atom is -0.478 e. The first-order chi connectivity index (χ1) is 11.5. The first kappa shape index (κ1) is 16.0. The largest absolute Gasteiger partial charge is 0.478 e. The molecule has 0 bridgehead atoms. The standard InChI is InChI=1S/C20H18FNO2/c1-20(2,24-16-12-10-15(21)11-13-16)19(23)22-18-9-5-7-14-6-3-4-8-17(14)18/h3-13H,1-2H3,(H,22,23). The molecule has 0 saturated heterocycles. The highest BCUT2D eigenvalue weighted by molar-refractivity contribution is 6.04. The summed E-state index contributed by atoms with van der Waals surface area (Å²) in [6.07, 6.45) is 0. The van der Waals surface area contributed by atoms with E-state index in [4.69, 9.17) is 4.74 Å². The van der Waals surface area contributed by atoms with E-state index in [0.29, 0.717) is 5.75 Å². The molecule has 3 aromatic rings. The molecule has 0 fully saturated rings. The van der Waals surface area contributed by atoms with Crippen LogP contribution in [0.1, 0.15) is 13.8 Å². The van der Waals surface area contributed by atoms with Crippen LogP contribution < -0.4 is 10.1 Å². The summed E-state index contributed by atoms with van der Waals surface area (Å²) >= 11 is 0. The third kappa shape index (κ3) is 3.38. The second kappa shape index (κ2) is 6.32. The Bertz CT molecular complexity index is 867. The topological polar surface area (TPSA) is 38.3 Å². The van der Waals surface area contributed by atoms with Crippen molar-refractivity contribution in [3.05, 3.63) is 72.5 Å². The van der Waals surface area contributed by atoms with Crippen molar-refractivity contribution in [1.29, 1.82) is 0 Å². The smallest absolute Gasteiger partial charge is 0.267 e. The van der Waals surface area contributed by atoms with Gasteiger partial charge in [0.05, 0.1) is 0 Å². The Labute approximate surface area is 140 Å². The SMILES string of the molecule is CC(C)(Oc1ccc(F)cc1)C(=O)Nc1cccc2ccccc12. The predicted octanol–water partition coefficient (Wildman–Crippen LogP) is 4.78. The van der Waals surface area contributed by atoms with Crippen LogP contribution >= 0.6 is 0 Å². The van der Waals surface area contributed by atoms with Gasteiger partial charge >= 0.3 is 0 Å². The van der Waals surface area contributed by atoms with Crippen LogP contribution in [0.25, 0.3) is 10.8 Å². The highest BCUT2D eigenvalue weighted by Crippen LogP contribution is 2.25. The Balaban J connectivity index is 1.81. The Morgan fingerprint density at radius 2 is 1.62 bits per heavy atom. The molecule has 0 saturated carbocycles. The van der Waals surface area contributed by atoms with Crippen LogP contribution in [0.4, 0.5) is 10.1 Å². The number of anilines is 1. The Morgan fingerprint density at radius 1 is 0.958 bits per heavy atom. The lowest BCUT2D eigenvalue weighted by atomic mass is 10.1. The number of fused-ring (bicyclic) bond motifs is 1. The molecule has 0 aromatic heterocycles. The average molecular weight is 323 g/mol. The van der Waals surface area contributed by atoms with Gasteiger partial charge in [0.15, 0.2) is 5.60 Å². The number of carbonyl (C=O) groups excluding carboxylic acids is 1. The number of hydrogen-bond donors (Lipinski definition) is 1. The number of amides is 1. The van der Waals surface area contributed by atoms with Crippen molar-refractivity contribution in [3.63, 3.8) is 0 Å². The van der Waals surface area contributed by atoms with Crippen molar-refractivity contribution in [2.75, 3.05) is 5.32 Å². The first-order valence-electron chi connectivity index (χ1n) is 7.69. The molecule has 0 aliphatic heterocycles.